The van der Waals surface area contributed by atoms with Crippen molar-refractivity contribution in [1.82, 2.24) is 9.21 Å². The number of urea groups is 1. The molecule has 4 rings (SSSR count). The van der Waals surface area contributed by atoms with E-state index in [2.05, 4.69) is 10.6 Å². The van der Waals surface area contributed by atoms with Crippen molar-refractivity contribution in [3.05, 3.63) is 77.9 Å². The zero-order valence-corrected chi connectivity index (χ0v) is 26.4. The smallest absolute Gasteiger partial charge is 0.416 e. The van der Waals surface area contributed by atoms with Crippen LogP contribution in [0.2, 0.25) is 0 Å². The molecule has 0 unspecified atom stereocenters. The largest absolute Gasteiger partial charge is 0.497 e. The second-order valence-corrected chi connectivity index (χ2v) is 13.0. The molecule has 3 amide bonds. The van der Waals surface area contributed by atoms with Gasteiger partial charge in [-0.2, -0.15) is 17.5 Å². The van der Waals surface area contributed by atoms with Gasteiger partial charge in [-0.05, 0) is 73.7 Å². The lowest BCUT2D eigenvalue weighted by atomic mass is 9.99. The van der Waals surface area contributed by atoms with Crippen LogP contribution in [0, 0.1) is 5.92 Å². The molecule has 0 saturated heterocycles. The van der Waals surface area contributed by atoms with E-state index >= 15 is 0 Å². The standard InChI is InChI=1S/C31H35F3N4O7S/c1-19-16-38(20(2)18-39)29(40)26-15-23(36-30(41)35-22-7-5-21(6-8-22)31(32,33)34)9-14-27(26)45-28(19)17-37(3)46(42,43)25-12-10-24(44-4)11-13-25/h5-15,19-20,28,39H,16-18H2,1-4H3,(H2,35,36,41)/t19-,20-,28-/m0/s1. The molecule has 0 fully saturated rings. The first-order chi connectivity index (χ1) is 21.6. The first kappa shape index (κ1) is 34.5. The number of benzene rings is 3. The number of amides is 3. The molecule has 0 bridgehead atoms. The molecule has 11 nitrogen and oxygen atoms in total. The normalized spacial score (nSPS) is 17.8. The highest BCUT2D eigenvalue weighted by Gasteiger charge is 2.35. The number of fused-ring (bicyclic) bond motifs is 1. The van der Waals surface area contributed by atoms with E-state index in [1.54, 1.807) is 19.1 Å². The third-order valence-electron chi connectivity index (χ3n) is 7.60. The number of halogens is 3. The molecule has 1 aliphatic heterocycles. The molecule has 3 atom stereocenters. The number of carbonyl (C=O) groups is 2. The van der Waals surface area contributed by atoms with E-state index in [9.17, 15) is 36.3 Å². The van der Waals surface area contributed by atoms with Gasteiger partial charge in [-0.25, -0.2) is 13.2 Å². The van der Waals surface area contributed by atoms with Gasteiger partial charge in [0.1, 0.15) is 17.6 Å². The highest BCUT2D eigenvalue weighted by Crippen LogP contribution is 2.32. The molecule has 0 aliphatic carbocycles. The van der Waals surface area contributed by atoms with Gasteiger partial charge in [-0.1, -0.05) is 6.92 Å². The molecule has 46 heavy (non-hydrogen) atoms. The third kappa shape index (κ3) is 7.89. The van der Waals surface area contributed by atoms with Crippen LogP contribution in [0.15, 0.2) is 71.6 Å². The molecule has 0 radical (unpaired) electrons. The topological polar surface area (TPSA) is 138 Å². The molecule has 1 aliphatic rings. The Morgan fingerprint density at radius 3 is 2.28 bits per heavy atom. The van der Waals surface area contributed by atoms with Gasteiger partial charge in [0.2, 0.25) is 10.0 Å². The van der Waals surface area contributed by atoms with Crippen LogP contribution in [0.1, 0.15) is 29.8 Å². The Bertz CT molecular complexity index is 1650. The van der Waals surface area contributed by atoms with Gasteiger partial charge < -0.3 is 30.1 Å². The van der Waals surface area contributed by atoms with E-state index in [1.165, 1.54) is 53.7 Å². The average molecular weight is 665 g/mol. The fourth-order valence-electron chi connectivity index (χ4n) is 4.83. The van der Waals surface area contributed by atoms with Crippen LogP contribution in [0.5, 0.6) is 11.5 Å². The zero-order valence-electron chi connectivity index (χ0n) is 25.5. The number of likely N-dealkylation sites (N-methyl/N-ethyl adjacent to an activating group) is 1. The van der Waals surface area contributed by atoms with Gasteiger partial charge in [0, 0.05) is 30.9 Å². The maximum atomic E-state index is 13.7. The lowest BCUT2D eigenvalue weighted by Crippen LogP contribution is -2.50. The average Bonchev–Trinajstić information content (AvgIpc) is 3.02. The Kier molecular flexibility index (Phi) is 10.5. The van der Waals surface area contributed by atoms with Crippen LogP contribution in [0.25, 0.3) is 0 Å². The summed E-state index contributed by atoms with van der Waals surface area (Å²) in [6.45, 7) is 3.21. The van der Waals surface area contributed by atoms with Crippen LogP contribution in [0.3, 0.4) is 0 Å². The van der Waals surface area contributed by atoms with Crippen LogP contribution >= 0.6 is 0 Å². The summed E-state index contributed by atoms with van der Waals surface area (Å²) in [5.74, 6) is -0.204. The van der Waals surface area contributed by atoms with Crippen LogP contribution < -0.4 is 20.1 Å². The van der Waals surface area contributed by atoms with Gasteiger partial charge in [-0.3, -0.25) is 4.79 Å². The fourth-order valence-corrected chi connectivity index (χ4v) is 6.02. The number of carbonyl (C=O) groups excluding carboxylic acids is 2. The number of ether oxygens (including phenoxy) is 2. The van der Waals surface area contributed by atoms with Crippen molar-refractivity contribution >= 4 is 33.3 Å². The summed E-state index contributed by atoms with van der Waals surface area (Å²) in [7, 11) is -1.02. The number of anilines is 2. The summed E-state index contributed by atoms with van der Waals surface area (Å²) in [6, 6.07) is 12.8. The van der Waals surface area contributed by atoms with Gasteiger partial charge in [0.05, 0.1) is 42.3 Å². The summed E-state index contributed by atoms with van der Waals surface area (Å²) in [4.78, 5) is 27.9. The number of hydrogen-bond donors (Lipinski definition) is 3. The maximum Gasteiger partial charge on any atom is 0.416 e. The van der Waals surface area contributed by atoms with Crippen molar-refractivity contribution in [2.45, 2.75) is 37.1 Å². The number of aliphatic hydroxyl groups excluding tert-OH is 1. The minimum atomic E-state index is -4.52. The number of aliphatic hydroxyl groups is 1. The maximum absolute atomic E-state index is 13.7. The SMILES string of the molecule is COc1ccc(S(=O)(=O)N(C)C[C@@H]2Oc3ccc(NC(=O)Nc4ccc(C(F)(F)F)cc4)cc3C(=O)N([C@@H](C)CO)C[C@@H]2C)cc1. The Hall–Kier alpha value is -4.34. The second kappa shape index (κ2) is 14.0. The van der Waals surface area contributed by atoms with E-state index in [0.717, 1.165) is 24.3 Å². The first-order valence-electron chi connectivity index (χ1n) is 14.2. The van der Waals surface area contributed by atoms with Crippen molar-refractivity contribution in [2.24, 2.45) is 5.92 Å². The third-order valence-corrected chi connectivity index (χ3v) is 9.44. The molecule has 1 heterocycles. The molecule has 0 aromatic heterocycles. The van der Waals surface area contributed by atoms with Crippen LogP contribution in [-0.2, 0) is 16.2 Å². The van der Waals surface area contributed by atoms with E-state index in [0.29, 0.717) is 5.75 Å². The lowest BCUT2D eigenvalue weighted by Gasteiger charge is -2.38. The summed E-state index contributed by atoms with van der Waals surface area (Å²) in [6.07, 6.45) is -5.24. The predicted octanol–water partition coefficient (Wildman–Crippen LogP) is 4.90. The first-order valence-corrected chi connectivity index (χ1v) is 15.7. The molecule has 248 valence electrons. The number of alkyl halides is 3. The molecule has 3 N–H and O–H groups in total. The minimum Gasteiger partial charge on any atom is -0.497 e. The van der Waals surface area contributed by atoms with Crippen molar-refractivity contribution in [1.29, 1.82) is 0 Å². The second-order valence-electron chi connectivity index (χ2n) is 10.9. The van der Waals surface area contributed by atoms with E-state index < -0.39 is 45.8 Å². The van der Waals surface area contributed by atoms with Gasteiger partial charge >= 0.3 is 12.2 Å². The number of rotatable bonds is 9. The Labute approximate surface area is 265 Å². The van der Waals surface area contributed by atoms with Crippen molar-refractivity contribution in [2.75, 3.05) is 44.5 Å². The molecular formula is C31H35F3N4O7S. The zero-order chi connectivity index (χ0) is 33.8. The van der Waals surface area contributed by atoms with E-state index in [4.69, 9.17) is 9.47 Å². The van der Waals surface area contributed by atoms with Crippen molar-refractivity contribution < 1.29 is 45.8 Å². The monoisotopic (exact) mass is 664 g/mol. The quantitative estimate of drug-likeness (QED) is 0.296. The number of nitrogens with one attached hydrogen (secondary N) is 2. The highest BCUT2D eigenvalue weighted by molar-refractivity contribution is 7.89. The van der Waals surface area contributed by atoms with Crippen LogP contribution in [0.4, 0.5) is 29.3 Å². The van der Waals surface area contributed by atoms with E-state index in [1.807, 2.05) is 6.92 Å². The van der Waals surface area contributed by atoms with Gasteiger partial charge in [0.15, 0.2) is 0 Å². The summed E-state index contributed by atoms with van der Waals surface area (Å²) >= 11 is 0. The lowest BCUT2D eigenvalue weighted by molar-refractivity contribution is -0.137. The number of hydrogen-bond acceptors (Lipinski definition) is 7. The Morgan fingerprint density at radius 2 is 1.70 bits per heavy atom. The Balaban J connectivity index is 1.58. The minimum absolute atomic E-state index is 0.0604. The number of sulfonamides is 1. The predicted molar refractivity (Wildman–Crippen MR) is 165 cm³/mol. The summed E-state index contributed by atoms with van der Waals surface area (Å²) in [5.41, 5.74) is -0.506. The molecule has 0 saturated carbocycles. The molecular weight excluding hydrogens is 629 g/mol. The molecule has 3 aromatic rings. The van der Waals surface area contributed by atoms with Crippen LogP contribution in [-0.4, -0.2) is 80.7 Å². The van der Waals surface area contributed by atoms with Gasteiger partial charge in [0.25, 0.3) is 5.91 Å². The summed E-state index contributed by atoms with van der Waals surface area (Å²) in [5, 5.41) is 14.9. The molecule has 3 aromatic carbocycles. The molecule has 0 spiro atoms. The van der Waals surface area contributed by atoms with Crippen molar-refractivity contribution in [3.63, 3.8) is 0 Å². The van der Waals surface area contributed by atoms with Gasteiger partial charge in [-0.15, -0.1) is 0 Å². The van der Waals surface area contributed by atoms with Crippen molar-refractivity contribution in [3.8, 4) is 11.5 Å². The fraction of sp³-hybridized carbons (Fsp3) is 0.355. The van der Waals surface area contributed by atoms with E-state index in [-0.39, 0.29) is 53.2 Å². The highest BCUT2D eigenvalue weighted by atomic mass is 32.2. The number of methoxy groups -OCH3 is 1. The summed E-state index contributed by atoms with van der Waals surface area (Å²) < 4.78 is 77.8. The Morgan fingerprint density at radius 1 is 1.09 bits per heavy atom. The molecule has 15 heteroatoms. The number of nitrogens with zero attached hydrogens (tertiary/aromatic N) is 2.